The van der Waals surface area contributed by atoms with Crippen molar-refractivity contribution in [2.24, 2.45) is 0 Å². The average Bonchev–Trinajstić information content (AvgIpc) is 3.02. The first-order chi connectivity index (χ1) is 24.9. The van der Waals surface area contributed by atoms with Crippen LogP contribution in [0.5, 0.6) is 0 Å². The predicted molar refractivity (Wildman–Crippen MR) is 242 cm³/mol. The van der Waals surface area contributed by atoms with Crippen molar-refractivity contribution in [1.29, 1.82) is 0 Å². The second kappa shape index (κ2) is 29.2. The Morgan fingerprint density at radius 3 is 1.13 bits per heavy atom. The van der Waals surface area contributed by atoms with Gasteiger partial charge in [0.25, 0.3) is 0 Å². The molecule has 1 aromatic rings. The molecule has 11 nitrogen and oxygen atoms in total. The molecule has 1 rings (SSSR count). The highest BCUT2D eigenvalue weighted by molar-refractivity contribution is 6.87. The summed E-state index contributed by atoms with van der Waals surface area (Å²) in [5.41, 5.74) is 1.25. The summed E-state index contributed by atoms with van der Waals surface area (Å²) < 4.78 is 28.3. The van der Waals surface area contributed by atoms with Crippen LogP contribution >= 0.6 is 0 Å². The van der Waals surface area contributed by atoms with Crippen LogP contribution in [-0.4, -0.2) is 104 Å². The highest BCUT2D eigenvalue weighted by atomic mass is 28.5. The van der Waals surface area contributed by atoms with Gasteiger partial charge >= 0.3 is 26.5 Å². The summed E-state index contributed by atoms with van der Waals surface area (Å²) in [5, 5.41) is 1.11. The van der Waals surface area contributed by atoms with Crippen LogP contribution in [0.25, 0.3) is 0 Å². The molecule has 0 heterocycles. The van der Waals surface area contributed by atoms with Gasteiger partial charge in [0, 0.05) is 16.7 Å². The number of esters is 3. The zero-order valence-corrected chi connectivity index (χ0v) is 42.9. The SMILES string of the molecule is C=C(C)C(=O)OCCC[Si](C)(C)O.C=C(C)C(=O)OCCC[Si](C)(C)O[Si](C)(C)O[Si](C)(C)CCCOC(=O)C(=C)C.C[SiH](C)O.C[SiH](O)c1ccccc1. The standard InChI is InChI=1S/C20H40O6Si3.C9H18O3Si.C7H10OSi.C2H8OSi/c1-17(2)19(21)23-13-11-15-27(5,6)25-29(9,10)26-28(7,8)16-12-14-24-20(22)18(3)4;1-8(2)9(10)12-6-5-7-13(3,4)11;1-9(8)7-5-3-2-4-6-7;1-4(2)3/h1,3,11-16H2,2,4-10H3;11H,1,5-7H2,2-4H3;2-6,8-9H,1H3;3-4H,1-2H3. The maximum absolute atomic E-state index is 11.4. The Balaban J connectivity index is -0.000000841. The summed E-state index contributed by atoms with van der Waals surface area (Å²) in [5.74, 6) is -1.03. The molecule has 17 heteroatoms. The quantitative estimate of drug-likeness (QED) is 0.0406. The molecule has 318 valence electrons. The first-order valence-corrected chi connectivity index (χ1v) is 36.2. The van der Waals surface area contributed by atoms with E-state index in [4.69, 9.17) is 32.0 Å². The third kappa shape index (κ3) is 38.6. The molecule has 0 amide bonds. The van der Waals surface area contributed by atoms with Gasteiger partial charge in [-0.2, -0.15) is 0 Å². The van der Waals surface area contributed by atoms with Crippen LogP contribution in [0.2, 0.25) is 90.1 Å². The van der Waals surface area contributed by atoms with E-state index in [1.165, 1.54) is 0 Å². The van der Waals surface area contributed by atoms with E-state index in [0.29, 0.717) is 36.5 Å². The molecule has 0 spiro atoms. The minimum atomic E-state index is -2.29. The van der Waals surface area contributed by atoms with Gasteiger partial charge in [0.1, 0.15) is 0 Å². The molecule has 1 atom stereocenters. The van der Waals surface area contributed by atoms with Crippen molar-refractivity contribution >= 4 is 74.7 Å². The summed E-state index contributed by atoms with van der Waals surface area (Å²) in [6, 6.07) is 12.4. The van der Waals surface area contributed by atoms with Crippen molar-refractivity contribution in [3.63, 3.8) is 0 Å². The fraction of sp³-hybridized carbons (Fsp3) is 0.605. The number of benzene rings is 1. The lowest BCUT2D eigenvalue weighted by molar-refractivity contribution is -0.139. The highest BCUT2D eigenvalue weighted by Gasteiger charge is 2.39. The fourth-order valence-electron chi connectivity index (χ4n) is 4.55. The Kier molecular flexibility index (Phi) is 30.4. The zero-order chi connectivity index (χ0) is 43.6. The largest absolute Gasteiger partial charge is 0.462 e. The van der Waals surface area contributed by atoms with Gasteiger partial charge in [-0.25, -0.2) is 14.4 Å². The van der Waals surface area contributed by atoms with E-state index >= 15 is 0 Å². The van der Waals surface area contributed by atoms with Crippen LogP contribution in [0.1, 0.15) is 40.0 Å². The van der Waals surface area contributed by atoms with Crippen molar-refractivity contribution in [1.82, 2.24) is 0 Å². The monoisotopic (exact) mass is 876 g/mol. The number of hydrogen-bond acceptors (Lipinski definition) is 11. The topological polar surface area (TPSA) is 158 Å². The molecule has 0 aliphatic heterocycles. The minimum Gasteiger partial charge on any atom is -0.462 e. The maximum Gasteiger partial charge on any atom is 0.333 e. The van der Waals surface area contributed by atoms with Crippen molar-refractivity contribution < 1.29 is 51.2 Å². The minimum absolute atomic E-state index is 0.342. The van der Waals surface area contributed by atoms with Crippen LogP contribution in [0, 0.1) is 0 Å². The third-order valence-electron chi connectivity index (χ3n) is 6.85. The van der Waals surface area contributed by atoms with Crippen molar-refractivity contribution in [2.45, 2.75) is 130 Å². The van der Waals surface area contributed by atoms with Gasteiger partial charge in [-0.15, -0.1) is 0 Å². The van der Waals surface area contributed by atoms with E-state index in [1.807, 2.05) is 63.1 Å². The summed E-state index contributed by atoms with van der Waals surface area (Å²) in [7, 11) is -10.8. The van der Waals surface area contributed by atoms with Gasteiger partial charge in [0.05, 0.1) is 19.8 Å². The van der Waals surface area contributed by atoms with Gasteiger partial charge in [0.2, 0.25) is 9.04 Å². The molecular weight excluding hydrogens is 801 g/mol. The van der Waals surface area contributed by atoms with E-state index < -0.39 is 51.6 Å². The van der Waals surface area contributed by atoms with Crippen LogP contribution in [0.4, 0.5) is 0 Å². The first kappa shape index (κ1) is 57.3. The van der Waals surface area contributed by atoms with Crippen LogP contribution < -0.4 is 5.19 Å². The Bertz CT molecular complexity index is 1240. The third-order valence-corrected chi connectivity index (χ3v) is 21.2. The van der Waals surface area contributed by atoms with Gasteiger partial charge in [0.15, 0.2) is 34.0 Å². The molecule has 55 heavy (non-hydrogen) atoms. The highest BCUT2D eigenvalue weighted by Crippen LogP contribution is 2.26. The van der Waals surface area contributed by atoms with E-state index in [9.17, 15) is 19.2 Å². The molecular formula is C38H76O11Si6. The number of carbonyl (C=O) groups excluding carboxylic acids is 3. The maximum atomic E-state index is 11.4. The lowest BCUT2D eigenvalue weighted by atomic mass is 10.4. The van der Waals surface area contributed by atoms with Gasteiger partial charge < -0.3 is 36.8 Å². The van der Waals surface area contributed by atoms with Crippen molar-refractivity contribution in [2.75, 3.05) is 19.8 Å². The molecule has 0 saturated heterocycles. The number of ether oxygens (including phenoxy) is 3. The van der Waals surface area contributed by atoms with E-state index in [0.717, 1.165) is 42.6 Å². The normalized spacial score (nSPS) is 12.0. The molecule has 1 aromatic carbocycles. The summed E-state index contributed by atoms with van der Waals surface area (Å²) in [6.07, 6.45) is 2.28. The predicted octanol–water partition coefficient (Wildman–Crippen LogP) is 7.05. The molecule has 0 aliphatic carbocycles. The number of rotatable bonds is 20. The van der Waals surface area contributed by atoms with Gasteiger partial charge in [-0.1, -0.05) is 50.1 Å². The van der Waals surface area contributed by atoms with Crippen LogP contribution in [0.3, 0.4) is 0 Å². The molecule has 0 aromatic heterocycles. The first-order valence-electron chi connectivity index (χ1n) is 19.0. The number of carbonyl (C=O) groups is 3. The van der Waals surface area contributed by atoms with Crippen LogP contribution in [-0.2, 0) is 36.8 Å². The van der Waals surface area contributed by atoms with Gasteiger partial charge in [-0.3, -0.25) is 0 Å². The Labute approximate surface area is 341 Å². The Morgan fingerprint density at radius 2 is 0.891 bits per heavy atom. The number of hydrogen-bond donors (Lipinski definition) is 3. The summed E-state index contributed by atoms with van der Waals surface area (Å²) >= 11 is 0. The second-order valence-electron chi connectivity index (χ2n) is 16.2. The van der Waals surface area contributed by atoms with Crippen molar-refractivity contribution in [3.8, 4) is 0 Å². The lowest BCUT2D eigenvalue weighted by Gasteiger charge is -2.38. The smallest absolute Gasteiger partial charge is 0.333 e. The van der Waals surface area contributed by atoms with Crippen molar-refractivity contribution in [3.05, 3.63) is 66.8 Å². The zero-order valence-electron chi connectivity index (χ0n) is 36.6. The second-order valence-corrected chi connectivity index (χ2v) is 37.0. The Hall–Kier alpha value is -2.05. The molecule has 0 saturated carbocycles. The summed E-state index contributed by atoms with van der Waals surface area (Å²) in [6.45, 7) is 38.9. The van der Waals surface area contributed by atoms with Gasteiger partial charge in [-0.05, 0) is 135 Å². The molecule has 1 unspecified atom stereocenters. The lowest BCUT2D eigenvalue weighted by Crippen LogP contribution is -2.52. The summed E-state index contributed by atoms with van der Waals surface area (Å²) in [4.78, 5) is 60.6. The average molecular weight is 878 g/mol. The molecule has 0 bridgehead atoms. The van der Waals surface area contributed by atoms with Crippen LogP contribution in [0.15, 0.2) is 66.8 Å². The molecule has 3 N–H and O–H groups in total. The van der Waals surface area contributed by atoms with E-state index in [-0.39, 0.29) is 17.9 Å². The molecule has 0 radical (unpaired) electrons. The van der Waals surface area contributed by atoms with E-state index in [2.05, 4.69) is 59.0 Å². The molecule has 0 aliphatic rings. The van der Waals surface area contributed by atoms with E-state index in [1.54, 1.807) is 20.8 Å². The Morgan fingerprint density at radius 1 is 0.600 bits per heavy atom. The fourth-order valence-corrected chi connectivity index (χ4v) is 20.3. The molecule has 0 fully saturated rings.